The maximum Gasteiger partial charge on any atom is 0.248 e. The fourth-order valence-electron chi connectivity index (χ4n) is 4.44. The summed E-state index contributed by atoms with van der Waals surface area (Å²) < 4.78 is 8.24. The highest BCUT2D eigenvalue weighted by Gasteiger charge is 2.24. The van der Waals surface area contributed by atoms with Gasteiger partial charge in [0, 0.05) is 61.1 Å². The molecule has 32 heavy (non-hydrogen) atoms. The Balaban J connectivity index is 1.31. The molecule has 0 aliphatic carbocycles. The van der Waals surface area contributed by atoms with E-state index >= 15 is 0 Å². The van der Waals surface area contributed by atoms with Gasteiger partial charge in [0.05, 0.1) is 12.3 Å². The van der Waals surface area contributed by atoms with E-state index in [9.17, 15) is 4.79 Å². The van der Waals surface area contributed by atoms with Crippen LogP contribution in [0.25, 0.3) is 22.0 Å². The van der Waals surface area contributed by atoms with Gasteiger partial charge in [0.2, 0.25) is 5.91 Å². The molecule has 2 aromatic carbocycles. The molecule has 4 aromatic rings. The first-order valence-electron chi connectivity index (χ1n) is 10.8. The summed E-state index contributed by atoms with van der Waals surface area (Å²) in [7, 11) is 2.10. The van der Waals surface area contributed by atoms with Crippen LogP contribution in [0.5, 0.6) is 0 Å². The van der Waals surface area contributed by atoms with E-state index in [2.05, 4.69) is 52.0 Å². The van der Waals surface area contributed by atoms with Crippen molar-refractivity contribution >= 4 is 16.8 Å². The molecule has 1 aliphatic rings. The van der Waals surface area contributed by atoms with Gasteiger partial charge in [-0.25, -0.2) is 0 Å². The molecular weight excluding hydrogens is 400 g/mol. The lowest BCUT2D eigenvalue weighted by Crippen LogP contribution is -2.38. The Labute approximate surface area is 187 Å². The van der Waals surface area contributed by atoms with Crippen molar-refractivity contribution in [3.05, 3.63) is 89.9 Å². The lowest BCUT2D eigenvalue weighted by atomic mass is 10.0. The van der Waals surface area contributed by atoms with Crippen LogP contribution in [-0.4, -0.2) is 40.1 Å². The van der Waals surface area contributed by atoms with Crippen molar-refractivity contribution in [1.29, 1.82) is 0 Å². The standard InChI is InChI=1S/C26H26N4O2/c1-29-15-21(22-7-2-3-8-24(22)29)16-30-11-12-32-25(17-30)23-10-9-20(14-28-23)18-5-4-6-19(13-18)26(27)31/h2-10,13-15,25H,11-12,16-17H2,1H3,(H2,27,31)/t25-/m0/s1. The minimum absolute atomic E-state index is 0.0651. The van der Waals surface area contributed by atoms with E-state index < -0.39 is 5.91 Å². The van der Waals surface area contributed by atoms with E-state index in [0.29, 0.717) is 12.2 Å². The topological polar surface area (TPSA) is 73.4 Å². The van der Waals surface area contributed by atoms with Crippen LogP contribution in [-0.2, 0) is 18.3 Å². The lowest BCUT2D eigenvalue weighted by Gasteiger charge is -2.32. The second-order valence-electron chi connectivity index (χ2n) is 8.29. The fourth-order valence-corrected chi connectivity index (χ4v) is 4.44. The van der Waals surface area contributed by atoms with E-state index in [-0.39, 0.29) is 6.10 Å². The van der Waals surface area contributed by atoms with Gasteiger partial charge in [0.1, 0.15) is 6.10 Å². The SMILES string of the molecule is Cn1cc(CN2CCO[C@H](c3ccc(-c4cccc(C(N)=O)c4)cn3)C2)c2ccccc21. The number of nitrogens with two attached hydrogens (primary N) is 1. The van der Waals surface area contributed by atoms with Crippen LogP contribution in [0, 0.1) is 0 Å². The summed E-state index contributed by atoms with van der Waals surface area (Å²) in [5.41, 5.74) is 11.3. The molecule has 6 heteroatoms. The number of aromatic nitrogens is 2. The highest BCUT2D eigenvalue weighted by Crippen LogP contribution is 2.27. The molecule has 1 aliphatic heterocycles. The number of hydrogen-bond donors (Lipinski definition) is 1. The number of rotatable bonds is 5. The minimum Gasteiger partial charge on any atom is -0.369 e. The average Bonchev–Trinajstić information content (AvgIpc) is 3.15. The van der Waals surface area contributed by atoms with Gasteiger partial charge < -0.3 is 15.0 Å². The molecule has 1 saturated heterocycles. The molecule has 1 amide bonds. The molecule has 0 spiro atoms. The number of carbonyl (C=O) groups is 1. The van der Waals surface area contributed by atoms with Gasteiger partial charge in [0.25, 0.3) is 0 Å². The van der Waals surface area contributed by atoms with Gasteiger partial charge in [-0.3, -0.25) is 14.7 Å². The Kier molecular flexibility index (Phi) is 5.47. The molecule has 0 radical (unpaired) electrons. The normalized spacial score (nSPS) is 17.0. The molecule has 2 aromatic heterocycles. The molecule has 2 N–H and O–H groups in total. The number of fused-ring (bicyclic) bond motifs is 1. The first-order valence-corrected chi connectivity index (χ1v) is 10.8. The fraction of sp³-hybridized carbons (Fsp3) is 0.231. The van der Waals surface area contributed by atoms with Crippen molar-refractivity contribution in [3.8, 4) is 11.1 Å². The van der Waals surface area contributed by atoms with Crippen LogP contribution >= 0.6 is 0 Å². The molecule has 0 unspecified atom stereocenters. The zero-order chi connectivity index (χ0) is 22.1. The third-order valence-electron chi connectivity index (χ3n) is 6.12. The summed E-state index contributed by atoms with van der Waals surface area (Å²) in [6.07, 6.45) is 4.00. The van der Waals surface area contributed by atoms with Crippen LogP contribution in [0.2, 0.25) is 0 Å². The molecule has 1 atom stereocenters. The van der Waals surface area contributed by atoms with Crippen LogP contribution in [0.15, 0.2) is 73.1 Å². The Morgan fingerprint density at radius 3 is 2.81 bits per heavy atom. The van der Waals surface area contributed by atoms with Crippen molar-refractivity contribution in [2.24, 2.45) is 12.8 Å². The van der Waals surface area contributed by atoms with Gasteiger partial charge in [-0.15, -0.1) is 0 Å². The predicted octanol–water partition coefficient (Wildman–Crippen LogP) is 3.91. The number of benzene rings is 2. The number of para-hydroxylation sites is 1. The van der Waals surface area contributed by atoms with Crippen molar-refractivity contribution < 1.29 is 9.53 Å². The van der Waals surface area contributed by atoms with E-state index in [1.54, 1.807) is 12.1 Å². The van der Waals surface area contributed by atoms with Crippen LogP contribution in [0.4, 0.5) is 0 Å². The molecule has 1 fully saturated rings. The van der Waals surface area contributed by atoms with Gasteiger partial charge in [-0.2, -0.15) is 0 Å². The quantitative estimate of drug-likeness (QED) is 0.525. The Morgan fingerprint density at radius 2 is 2.00 bits per heavy atom. The molecule has 3 heterocycles. The second kappa shape index (κ2) is 8.57. The molecular formula is C26H26N4O2. The second-order valence-corrected chi connectivity index (χ2v) is 8.29. The highest BCUT2D eigenvalue weighted by molar-refractivity contribution is 5.94. The number of primary amides is 1. The van der Waals surface area contributed by atoms with E-state index in [4.69, 9.17) is 10.5 Å². The summed E-state index contributed by atoms with van der Waals surface area (Å²) in [5, 5.41) is 1.30. The summed E-state index contributed by atoms with van der Waals surface area (Å²) in [6, 6.07) is 19.9. The minimum atomic E-state index is -0.432. The Bertz CT molecular complexity index is 1260. The number of carbonyl (C=O) groups excluding carboxylic acids is 1. The first kappa shape index (κ1) is 20.4. The largest absolute Gasteiger partial charge is 0.369 e. The molecule has 162 valence electrons. The molecule has 0 saturated carbocycles. The number of hydrogen-bond acceptors (Lipinski definition) is 4. The summed E-state index contributed by atoms with van der Waals surface area (Å²) in [5.74, 6) is -0.432. The monoisotopic (exact) mass is 426 g/mol. The van der Waals surface area contributed by atoms with E-state index in [1.165, 1.54) is 16.5 Å². The van der Waals surface area contributed by atoms with Crippen LogP contribution in [0.1, 0.15) is 27.7 Å². The molecule has 0 bridgehead atoms. The number of nitrogens with zero attached hydrogens (tertiary/aromatic N) is 3. The summed E-state index contributed by atoms with van der Waals surface area (Å²) in [6.45, 7) is 3.27. The maximum absolute atomic E-state index is 11.5. The average molecular weight is 427 g/mol. The zero-order valence-electron chi connectivity index (χ0n) is 18.1. The van der Waals surface area contributed by atoms with Gasteiger partial charge in [0.15, 0.2) is 0 Å². The van der Waals surface area contributed by atoms with Crippen molar-refractivity contribution in [2.75, 3.05) is 19.7 Å². The zero-order valence-corrected chi connectivity index (χ0v) is 18.1. The van der Waals surface area contributed by atoms with Crippen LogP contribution < -0.4 is 5.73 Å². The highest BCUT2D eigenvalue weighted by atomic mass is 16.5. The van der Waals surface area contributed by atoms with Crippen LogP contribution in [0.3, 0.4) is 0 Å². The van der Waals surface area contributed by atoms with Crippen molar-refractivity contribution in [2.45, 2.75) is 12.6 Å². The van der Waals surface area contributed by atoms with Crippen molar-refractivity contribution in [3.63, 3.8) is 0 Å². The molecule has 6 nitrogen and oxygen atoms in total. The number of amides is 1. The molecule has 5 rings (SSSR count). The van der Waals surface area contributed by atoms with Gasteiger partial charge in [-0.05, 0) is 35.4 Å². The third kappa shape index (κ3) is 4.02. The smallest absolute Gasteiger partial charge is 0.248 e. The van der Waals surface area contributed by atoms with Crippen molar-refractivity contribution in [1.82, 2.24) is 14.5 Å². The maximum atomic E-state index is 11.5. The van der Waals surface area contributed by atoms with E-state index in [0.717, 1.165) is 36.5 Å². The van der Waals surface area contributed by atoms with E-state index in [1.807, 2.05) is 30.5 Å². The number of aryl methyl sites for hydroxylation is 1. The summed E-state index contributed by atoms with van der Waals surface area (Å²) >= 11 is 0. The van der Waals surface area contributed by atoms with Gasteiger partial charge >= 0.3 is 0 Å². The lowest BCUT2D eigenvalue weighted by molar-refractivity contribution is -0.0348. The summed E-state index contributed by atoms with van der Waals surface area (Å²) in [4.78, 5) is 18.6. The third-order valence-corrected chi connectivity index (χ3v) is 6.12. The number of ether oxygens (including phenoxy) is 1. The first-order chi connectivity index (χ1) is 15.6. The Hall–Kier alpha value is -3.48. The number of morpholine rings is 1. The van der Waals surface area contributed by atoms with Gasteiger partial charge in [-0.1, -0.05) is 36.4 Å². The Morgan fingerprint density at radius 1 is 1.12 bits per heavy atom. The predicted molar refractivity (Wildman–Crippen MR) is 125 cm³/mol. The number of pyridine rings is 1.